The molecule has 0 bridgehead atoms. The van der Waals surface area contributed by atoms with E-state index in [1.54, 1.807) is 30.5 Å². The fourth-order valence-electron chi connectivity index (χ4n) is 0.911. The molecule has 0 aromatic heterocycles. The molecule has 0 amide bonds. The first-order valence-corrected chi connectivity index (χ1v) is 6.00. The Balaban J connectivity index is 2.74. The second-order valence-electron chi connectivity index (χ2n) is 4.33. The summed E-state index contributed by atoms with van der Waals surface area (Å²) in [6.45, 7) is 5.62. The molecule has 84 valence electrons. The number of hydrogen-bond acceptors (Lipinski definition) is 3. The molecule has 0 fully saturated rings. The van der Waals surface area contributed by atoms with E-state index < -0.39 is 11.4 Å². The molecule has 0 radical (unpaired) electrons. The SMILES string of the molecule is CC(C)(C)[S@@+]([O-])N=Cc1ccc(C#N)cc1. The van der Waals surface area contributed by atoms with Crippen molar-refractivity contribution in [1.82, 2.24) is 0 Å². The predicted octanol–water partition coefficient (Wildman–Crippen LogP) is 2.44. The molecule has 1 atom stereocenters. The van der Waals surface area contributed by atoms with Crippen molar-refractivity contribution in [2.45, 2.75) is 25.5 Å². The van der Waals surface area contributed by atoms with Crippen molar-refractivity contribution in [1.29, 1.82) is 5.26 Å². The molecule has 0 saturated heterocycles. The molecule has 0 aliphatic carbocycles. The van der Waals surface area contributed by atoms with Crippen LogP contribution in [0.2, 0.25) is 0 Å². The third-order valence-corrected chi connectivity index (χ3v) is 3.21. The van der Waals surface area contributed by atoms with Gasteiger partial charge in [0.2, 0.25) is 0 Å². The van der Waals surface area contributed by atoms with Gasteiger partial charge in [0.25, 0.3) is 0 Å². The van der Waals surface area contributed by atoms with Gasteiger partial charge in [-0.3, -0.25) is 0 Å². The summed E-state index contributed by atoms with van der Waals surface area (Å²) in [7, 11) is 0. The van der Waals surface area contributed by atoms with E-state index in [1.807, 2.05) is 26.8 Å². The van der Waals surface area contributed by atoms with E-state index in [0.717, 1.165) is 5.56 Å². The zero-order valence-electron chi connectivity index (χ0n) is 9.60. The van der Waals surface area contributed by atoms with Crippen LogP contribution in [0.15, 0.2) is 28.7 Å². The number of hydrogen-bond donors (Lipinski definition) is 0. The second-order valence-corrected chi connectivity index (χ2v) is 6.26. The molecular formula is C12H14N2OS. The maximum absolute atomic E-state index is 11.6. The van der Waals surface area contributed by atoms with E-state index in [2.05, 4.69) is 4.40 Å². The Kier molecular flexibility index (Phi) is 4.11. The third kappa shape index (κ3) is 3.69. The summed E-state index contributed by atoms with van der Waals surface area (Å²) in [4.78, 5) is 0. The van der Waals surface area contributed by atoms with Gasteiger partial charge in [-0.2, -0.15) is 5.26 Å². The Bertz CT molecular complexity index is 412. The predicted molar refractivity (Wildman–Crippen MR) is 66.6 cm³/mol. The van der Waals surface area contributed by atoms with Gasteiger partial charge in [-0.05, 0) is 38.5 Å². The smallest absolute Gasteiger partial charge is 0.144 e. The largest absolute Gasteiger partial charge is 0.591 e. The van der Waals surface area contributed by atoms with E-state index in [9.17, 15) is 4.55 Å². The van der Waals surface area contributed by atoms with Crippen molar-refractivity contribution in [3.8, 4) is 6.07 Å². The van der Waals surface area contributed by atoms with Crippen LogP contribution in [0.25, 0.3) is 0 Å². The molecule has 1 rings (SSSR count). The van der Waals surface area contributed by atoms with Gasteiger partial charge in [0.15, 0.2) is 0 Å². The van der Waals surface area contributed by atoms with Gasteiger partial charge in [-0.15, -0.1) is 0 Å². The second kappa shape index (κ2) is 5.15. The Labute approximate surface area is 99.1 Å². The zero-order chi connectivity index (χ0) is 12.2. The molecule has 0 heterocycles. The quantitative estimate of drug-likeness (QED) is 0.583. The highest BCUT2D eigenvalue weighted by atomic mass is 32.2. The zero-order valence-corrected chi connectivity index (χ0v) is 10.4. The minimum atomic E-state index is -1.24. The minimum absolute atomic E-state index is 0.344. The van der Waals surface area contributed by atoms with Gasteiger partial charge < -0.3 is 4.55 Å². The molecule has 0 spiro atoms. The molecule has 0 unspecified atom stereocenters. The molecule has 1 aromatic carbocycles. The minimum Gasteiger partial charge on any atom is -0.591 e. The lowest BCUT2D eigenvalue weighted by atomic mass is 10.2. The van der Waals surface area contributed by atoms with Gasteiger partial charge in [0, 0.05) is 0 Å². The van der Waals surface area contributed by atoms with Gasteiger partial charge >= 0.3 is 0 Å². The summed E-state index contributed by atoms with van der Waals surface area (Å²) in [6.07, 6.45) is 1.57. The first-order valence-electron chi connectivity index (χ1n) is 4.90. The molecular weight excluding hydrogens is 220 g/mol. The van der Waals surface area contributed by atoms with Crippen LogP contribution in [0.3, 0.4) is 0 Å². The van der Waals surface area contributed by atoms with Gasteiger partial charge in [-0.25, -0.2) is 0 Å². The van der Waals surface area contributed by atoms with Crippen molar-refractivity contribution in [3.63, 3.8) is 0 Å². The van der Waals surface area contributed by atoms with Crippen LogP contribution in [0.1, 0.15) is 31.9 Å². The van der Waals surface area contributed by atoms with Crippen molar-refractivity contribution in [2.75, 3.05) is 0 Å². The van der Waals surface area contributed by atoms with Crippen LogP contribution in [0.4, 0.5) is 0 Å². The molecule has 1 aromatic rings. The number of rotatable bonds is 2. The monoisotopic (exact) mass is 234 g/mol. The van der Waals surface area contributed by atoms with E-state index in [-0.39, 0.29) is 4.75 Å². The lowest BCUT2D eigenvalue weighted by molar-refractivity contribution is 0.562. The number of nitrogens with zero attached hydrogens (tertiary/aromatic N) is 2. The average Bonchev–Trinajstić information content (AvgIpc) is 2.25. The van der Waals surface area contributed by atoms with Crippen LogP contribution in [0.5, 0.6) is 0 Å². The highest BCUT2D eigenvalue weighted by Crippen LogP contribution is 2.16. The number of benzene rings is 1. The molecule has 3 nitrogen and oxygen atoms in total. The summed E-state index contributed by atoms with van der Waals surface area (Å²) in [6, 6.07) is 9.02. The van der Waals surface area contributed by atoms with Crippen molar-refractivity contribution in [3.05, 3.63) is 35.4 Å². The Morgan fingerprint density at radius 3 is 2.31 bits per heavy atom. The van der Waals surface area contributed by atoms with Crippen molar-refractivity contribution in [2.24, 2.45) is 4.40 Å². The molecule has 4 heteroatoms. The average molecular weight is 234 g/mol. The first kappa shape index (κ1) is 12.8. The van der Waals surface area contributed by atoms with E-state index in [4.69, 9.17) is 5.26 Å². The van der Waals surface area contributed by atoms with Crippen molar-refractivity contribution < 1.29 is 4.55 Å². The molecule has 0 saturated carbocycles. The van der Waals surface area contributed by atoms with E-state index in [1.165, 1.54) is 0 Å². The first-order chi connectivity index (χ1) is 7.43. The van der Waals surface area contributed by atoms with Crippen LogP contribution in [0, 0.1) is 11.3 Å². The van der Waals surface area contributed by atoms with Gasteiger partial charge in [0.1, 0.15) is 16.1 Å². The van der Waals surface area contributed by atoms with Crippen LogP contribution >= 0.6 is 0 Å². The summed E-state index contributed by atoms with van der Waals surface area (Å²) in [5.41, 5.74) is 1.45. The Hall–Kier alpha value is -1.31. The van der Waals surface area contributed by atoms with E-state index in [0.29, 0.717) is 5.56 Å². The molecule has 0 aliphatic rings. The van der Waals surface area contributed by atoms with Crippen molar-refractivity contribution >= 4 is 17.6 Å². The standard InChI is InChI=1S/C12H14N2OS/c1-12(2,3)16(15)14-9-11-6-4-10(8-13)5-7-11/h4-7,9H,1-3H3/t16-/m1/s1. The Morgan fingerprint density at radius 2 is 1.88 bits per heavy atom. The normalized spacial score (nSPS) is 13.7. The topological polar surface area (TPSA) is 59.2 Å². The highest BCUT2D eigenvalue weighted by molar-refractivity contribution is 7.91. The summed E-state index contributed by atoms with van der Waals surface area (Å²) < 4.78 is 15.3. The van der Waals surface area contributed by atoms with Gasteiger partial charge in [0.05, 0.1) is 17.8 Å². The maximum atomic E-state index is 11.6. The summed E-state index contributed by atoms with van der Waals surface area (Å²) >= 11 is -1.24. The molecule has 0 aliphatic heterocycles. The highest BCUT2D eigenvalue weighted by Gasteiger charge is 2.25. The third-order valence-electron chi connectivity index (χ3n) is 1.86. The lowest BCUT2D eigenvalue weighted by Crippen LogP contribution is -2.25. The van der Waals surface area contributed by atoms with Crippen LogP contribution in [-0.2, 0) is 11.4 Å². The molecule has 0 N–H and O–H groups in total. The molecule has 16 heavy (non-hydrogen) atoms. The lowest BCUT2D eigenvalue weighted by Gasteiger charge is -2.17. The number of nitriles is 1. The van der Waals surface area contributed by atoms with Gasteiger partial charge in [-0.1, -0.05) is 16.5 Å². The maximum Gasteiger partial charge on any atom is 0.144 e. The Morgan fingerprint density at radius 1 is 1.31 bits per heavy atom. The van der Waals surface area contributed by atoms with E-state index >= 15 is 0 Å². The van der Waals surface area contributed by atoms with Crippen LogP contribution in [-0.4, -0.2) is 15.5 Å². The fourth-order valence-corrected chi connectivity index (χ4v) is 1.44. The van der Waals surface area contributed by atoms with Crippen LogP contribution < -0.4 is 0 Å². The fraction of sp³-hybridized carbons (Fsp3) is 0.333. The summed E-state index contributed by atoms with van der Waals surface area (Å²) in [5, 5.41) is 8.62. The summed E-state index contributed by atoms with van der Waals surface area (Å²) in [5.74, 6) is 0.